The fourth-order valence-electron chi connectivity index (χ4n) is 1.96. The van der Waals surface area contributed by atoms with Gasteiger partial charge >= 0.3 is 0 Å². The molecule has 0 atom stereocenters. The summed E-state index contributed by atoms with van der Waals surface area (Å²) >= 11 is 1.60. The van der Waals surface area contributed by atoms with Gasteiger partial charge in [0, 0.05) is 41.5 Å². The zero-order valence-electron chi connectivity index (χ0n) is 11.1. The van der Waals surface area contributed by atoms with E-state index < -0.39 is 0 Å². The van der Waals surface area contributed by atoms with Crippen molar-refractivity contribution >= 4 is 22.9 Å². The first-order valence-corrected chi connectivity index (χ1v) is 7.32. The molecule has 1 saturated heterocycles. The fraction of sp³-hybridized carbons (Fsp3) is 0.200. The van der Waals surface area contributed by atoms with Gasteiger partial charge < -0.3 is 10.6 Å². The van der Waals surface area contributed by atoms with Crippen molar-refractivity contribution < 1.29 is 4.79 Å². The van der Waals surface area contributed by atoms with Crippen LogP contribution >= 0.6 is 11.3 Å². The Bertz CT molecular complexity index is 638. The number of hydrogen-bond donors (Lipinski definition) is 2. The van der Waals surface area contributed by atoms with Crippen molar-refractivity contribution in [2.45, 2.75) is 6.92 Å². The molecule has 0 unspecified atom stereocenters. The van der Waals surface area contributed by atoms with Crippen LogP contribution in [-0.2, 0) is 4.79 Å². The van der Waals surface area contributed by atoms with Gasteiger partial charge in [0.1, 0.15) is 5.01 Å². The van der Waals surface area contributed by atoms with E-state index in [4.69, 9.17) is 0 Å². The molecule has 2 aromatic rings. The largest absolute Gasteiger partial charge is 0.322 e. The molecule has 0 bridgehead atoms. The van der Waals surface area contributed by atoms with E-state index >= 15 is 0 Å². The number of anilines is 1. The molecule has 2 N–H and O–H groups in total. The average molecular weight is 285 g/mol. The summed E-state index contributed by atoms with van der Waals surface area (Å²) in [4.78, 5) is 16.3. The van der Waals surface area contributed by atoms with Gasteiger partial charge in [-0.1, -0.05) is 0 Å². The molecular formula is C15H15N3OS. The molecule has 1 aliphatic rings. The van der Waals surface area contributed by atoms with Crippen molar-refractivity contribution in [3.8, 4) is 10.6 Å². The van der Waals surface area contributed by atoms with E-state index in [1.54, 1.807) is 17.5 Å². The number of rotatable bonds is 3. The Morgan fingerprint density at radius 1 is 1.30 bits per heavy atom. The molecule has 4 nitrogen and oxygen atoms in total. The lowest BCUT2D eigenvalue weighted by molar-refractivity contribution is -0.112. The van der Waals surface area contributed by atoms with Crippen molar-refractivity contribution in [2.24, 2.45) is 0 Å². The molecule has 3 rings (SSSR count). The van der Waals surface area contributed by atoms with E-state index in [0.717, 1.165) is 34.9 Å². The van der Waals surface area contributed by atoms with E-state index in [0.29, 0.717) is 0 Å². The van der Waals surface area contributed by atoms with Crippen molar-refractivity contribution in [1.29, 1.82) is 0 Å². The molecule has 1 aromatic carbocycles. The van der Waals surface area contributed by atoms with Crippen molar-refractivity contribution in [3.05, 3.63) is 47.0 Å². The van der Waals surface area contributed by atoms with Crippen LogP contribution in [0.1, 0.15) is 6.92 Å². The zero-order valence-corrected chi connectivity index (χ0v) is 12.0. The predicted molar refractivity (Wildman–Crippen MR) is 81.7 cm³/mol. The normalized spacial score (nSPS) is 13.8. The Morgan fingerprint density at radius 2 is 2.05 bits per heavy atom. The Morgan fingerprint density at radius 3 is 2.60 bits per heavy atom. The van der Waals surface area contributed by atoms with E-state index in [1.807, 2.05) is 36.6 Å². The number of nitrogens with one attached hydrogen (secondary N) is 2. The number of carbonyl (C=O) groups excluding carboxylic acids is 1. The van der Waals surface area contributed by atoms with E-state index in [2.05, 4.69) is 15.6 Å². The number of carbonyl (C=O) groups is 1. The van der Waals surface area contributed by atoms with Crippen LogP contribution in [0.4, 0.5) is 5.69 Å². The molecule has 0 spiro atoms. The van der Waals surface area contributed by atoms with Crippen LogP contribution in [0.25, 0.3) is 10.6 Å². The summed E-state index contributed by atoms with van der Waals surface area (Å²) in [5.74, 6) is -0.0245. The van der Waals surface area contributed by atoms with Crippen molar-refractivity contribution in [3.63, 3.8) is 0 Å². The molecule has 0 aliphatic carbocycles. The third kappa shape index (κ3) is 2.64. The van der Waals surface area contributed by atoms with Crippen LogP contribution < -0.4 is 10.6 Å². The number of nitrogens with zero attached hydrogens (tertiary/aromatic N) is 1. The van der Waals surface area contributed by atoms with Gasteiger partial charge in [-0.15, -0.1) is 11.3 Å². The summed E-state index contributed by atoms with van der Waals surface area (Å²) in [5.41, 5.74) is 3.87. The second kappa shape index (κ2) is 5.56. The van der Waals surface area contributed by atoms with Gasteiger partial charge in [-0.25, -0.2) is 4.98 Å². The maximum Gasteiger partial charge on any atom is 0.251 e. The zero-order chi connectivity index (χ0) is 13.9. The van der Waals surface area contributed by atoms with Crippen molar-refractivity contribution in [2.75, 3.05) is 18.4 Å². The van der Waals surface area contributed by atoms with E-state index in [9.17, 15) is 4.79 Å². The molecular weight excluding hydrogens is 270 g/mol. The molecule has 1 aromatic heterocycles. The predicted octanol–water partition coefficient (Wildman–Crippen LogP) is 2.67. The minimum Gasteiger partial charge on any atom is -0.322 e. The number of thiazole rings is 1. The van der Waals surface area contributed by atoms with Crippen LogP contribution in [0.2, 0.25) is 0 Å². The molecule has 1 amide bonds. The Labute approximate surface area is 121 Å². The van der Waals surface area contributed by atoms with Crippen LogP contribution in [0.5, 0.6) is 0 Å². The summed E-state index contributed by atoms with van der Waals surface area (Å²) in [5, 5.41) is 9.00. The van der Waals surface area contributed by atoms with Crippen LogP contribution in [0, 0.1) is 0 Å². The summed E-state index contributed by atoms with van der Waals surface area (Å²) in [6.45, 7) is 3.51. The SMILES string of the molecule is CC(C(=O)Nc1ccc(-c2nccs2)cc1)=C1CNC1. The average Bonchev–Trinajstić information content (AvgIpc) is 2.91. The highest BCUT2D eigenvalue weighted by Crippen LogP contribution is 2.23. The summed E-state index contributed by atoms with van der Waals surface area (Å²) in [7, 11) is 0. The quantitative estimate of drug-likeness (QED) is 0.853. The monoisotopic (exact) mass is 285 g/mol. The van der Waals surface area contributed by atoms with Crippen LogP contribution in [0.15, 0.2) is 47.0 Å². The highest BCUT2D eigenvalue weighted by Gasteiger charge is 2.16. The minimum atomic E-state index is -0.0245. The second-order valence-corrected chi connectivity index (χ2v) is 5.60. The Balaban J connectivity index is 1.71. The molecule has 0 radical (unpaired) electrons. The molecule has 102 valence electrons. The summed E-state index contributed by atoms with van der Waals surface area (Å²) < 4.78 is 0. The molecule has 0 saturated carbocycles. The maximum atomic E-state index is 12.1. The molecule has 1 fully saturated rings. The summed E-state index contributed by atoms with van der Waals surface area (Å²) in [6, 6.07) is 7.76. The molecule has 20 heavy (non-hydrogen) atoms. The third-order valence-electron chi connectivity index (χ3n) is 3.37. The lowest BCUT2D eigenvalue weighted by Crippen LogP contribution is -2.36. The standard InChI is InChI=1S/C15H15N3OS/c1-10(12-8-16-9-12)14(19)18-13-4-2-11(3-5-13)15-17-6-7-20-15/h2-7,16H,8-9H2,1H3,(H,18,19). The first-order chi connectivity index (χ1) is 9.74. The first-order valence-electron chi connectivity index (χ1n) is 6.44. The maximum absolute atomic E-state index is 12.1. The number of amides is 1. The summed E-state index contributed by atoms with van der Waals surface area (Å²) in [6.07, 6.45) is 1.79. The minimum absolute atomic E-state index is 0.0245. The van der Waals surface area contributed by atoms with Gasteiger partial charge in [-0.2, -0.15) is 0 Å². The molecule has 5 heteroatoms. The van der Waals surface area contributed by atoms with Gasteiger partial charge in [0.15, 0.2) is 0 Å². The smallest absolute Gasteiger partial charge is 0.251 e. The van der Waals surface area contributed by atoms with Gasteiger partial charge in [0.25, 0.3) is 5.91 Å². The lowest BCUT2D eigenvalue weighted by atomic mass is 10.0. The van der Waals surface area contributed by atoms with Gasteiger partial charge in [0.05, 0.1) is 0 Å². The first kappa shape index (κ1) is 13.0. The van der Waals surface area contributed by atoms with Crippen LogP contribution in [0.3, 0.4) is 0 Å². The third-order valence-corrected chi connectivity index (χ3v) is 4.19. The Kier molecular flexibility index (Phi) is 3.62. The topological polar surface area (TPSA) is 54.0 Å². The number of benzene rings is 1. The van der Waals surface area contributed by atoms with E-state index in [1.165, 1.54) is 5.57 Å². The highest BCUT2D eigenvalue weighted by atomic mass is 32.1. The van der Waals surface area contributed by atoms with Gasteiger partial charge in [0.2, 0.25) is 0 Å². The van der Waals surface area contributed by atoms with Crippen LogP contribution in [-0.4, -0.2) is 24.0 Å². The molecule has 2 heterocycles. The van der Waals surface area contributed by atoms with E-state index in [-0.39, 0.29) is 5.91 Å². The number of hydrogen-bond acceptors (Lipinski definition) is 4. The number of aromatic nitrogens is 1. The Hall–Kier alpha value is -1.98. The van der Waals surface area contributed by atoms with Crippen molar-refractivity contribution in [1.82, 2.24) is 10.3 Å². The van der Waals surface area contributed by atoms with Gasteiger partial charge in [-0.3, -0.25) is 4.79 Å². The molecule has 1 aliphatic heterocycles. The fourth-order valence-corrected chi connectivity index (χ4v) is 2.61. The second-order valence-electron chi connectivity index (χ2n) is 4.70. The lowest BCUT2D eigenvalue weighted by Gasteiger charge is -2.21. The van der Waals surface area contributed by atoms with Gasteiger partial charge in [-0.05, 0) is 36.8 Å². The highest BCUT2D eigenvalue weighted by molar-refractivity contribution is 7.13.